The topological polar surface area (TPSA) is 8.17 Å². The molecule has 0 saturated heterocycles. The smallest absolute Gasteiger partial charge is 0.0541 e. The summed E-state index contributed by atoms with van der Waals surface area (Å²) in [6.07, 6.45) is 0. The van der Waals surface area contributed by atoms with Crippen LogP contribution in [0.1, 0.15) is 0 Å². The number of aromatic nitrogens is 1. The number of anilines is 3. The fourth-order valence-corrected chi connectivity index (χ4v) is 8.00. The summed E-state index contributed by atoms with van der Waals surface area (Å²) >= 11 is 0. The molecule has 1 aromatic heterocycles. The van der Waals surface area contributed by atoms with Crippen molar-refractivity contribution in [1.29, 1.82) is 0 Å². The van der Waals surface area contributed by atoms with E-state index in [9.17, 15) is 0 Å². The van der Waals surface area contributed by atoms with E-state index in [1.54, 1.807) is 0 Å². The summed E-state index contributed by atoms with van der Waals surface area (Å²) in [6.45, 7) is 0. The Hall–Kier alpha value is -7.42. The van der Waals surface area contributed by atoms with Crippen LogP contribution in [0.2, 0.25) is 0 Å². The fourth-order valence-electron chi connectivity index (χ4n) is 8.00. The SMILES string of the molecule is c1ccc(-c2ccc(-c3ccc(N(c4ccc(-c5ccccc5)cc4)c4cccc(-c5ccc(-n6c7ccccc7c7ccccc76)cc5)c4)cc3)cc2)cc1. The molecule has 1 heterocycles. The second-order valence-electron chi connectivity index (χ2n) is 14.2. The molecule has 0 aliphatic carbocycles. The standard InChI is InChI=1S/C54H38N2/c1-3-12-39(13-4-1)41-22-24-42(25-23-41)44-28-34-48(35-29-44)55(47-32-26-43(27-33-47)40-14-5-2-6-15-40)50-17-11-16-46(38-50)45-30-36-49(37-31-45)56-53-20-9-7-18-51(53)52-19-8-10-21-54(52)56/h1-38H. The molecule has 10 aromatic rings. The van der Waals surface area contributed by atoms with Gasteiger partial charge in [-0.3, -0.25) is 0 Å². The molecule has 0 spiro atoms. The molecule has 56 heavy (non-hydrogen) atoms. The van der Waals surface area contributed by atoms with E-state index in [1.165, 1.54) is 60.8 Å². The maximum atomic E-state index is 2.37. The average Bonchev–Trinajstić information content (AvgIpc) is 3.62. The van der Waals surface area contributed by atoms with Crippen LogP contribution in [0.3, 0.4) is 0 Å². The summed E-state index contributed by atoms with van der Waals surface area (Å²) < 4.78 is 2.37. The van der Waals surface area contributed by atoms with E-state index in [0.717, 1.165) is 28.3 Å². The van der Waals surface area contributed by atoms with Crippen LogP contribution in [0.15, 0.2) is 231 Å². The molecule has 0 N–H and O–H groups in total. The van der Waals surface area contributed by atoms with E-state index in [2.05, 4.69) is 240 Å². The normalized spacial score (nSPS) is 11.2. The lowest BCUT2D eigenvalue weighted by atomic mass is 10.00. The highest BCUT2D eigenvalue weighted by Gasteiger charge is 2.16. The van der Waals surface area contributed by atoms with Gasteiger partial charge in [-0.1, -0.05) is 170 Å². The lowest BCUT2D eigenvalue weighted by Crippen LogP contribution is -2.10. The van der Waals surface area contributed by atoms with Crippen molar-refractivity contribution in [3.05, 3.63) is 231 Å². The largest absolute Gasteiger partial charge is 0.310 e. The molecular formula is C54H38N2. The van der Waals surface area contributed by atoms with Crippen LogP contribution in [0.25, 0.3) is 72.0 Å². The van der Waals surface area contributed by atoms with Gasteiger partial charge in [0.05, 0.1) is 11.0 Å². The van der Waals surface area contributed by atoms with Gasteiger partial charge in [0.25, 0.3) is 0 Å². The number of rotatable bonds is 8. The van der Waals surface area contributed by atoms with Crippen LogP contribution in [-0.2, 0) is 0 Å². The first kappa shape index (κ1) is 33.2. The maximum Gasteiger partial charge on any atom is 0.0541 e. The predicted octanol–water partition coefficient (Wildman–Crippen LogP) is 14.9. The molecule has 0 bridgehead atoms. The van der Waals surface area contributed by atoms with Crippen LogP contribution in [0, 0.1) is 0 Å². The minimum Gasteiger partial charge on any atom is -0.310 e. The zero-order valence-electron chi connectivity index (χ0n) is 30.8. The first-order valence-electron chi connectivity index (χ1n) is 19.2. The molecule has 0 aliphatic heterocycles. The molecule has 2 nitrogen and oxygen atoms in total. The van der Waals surface area contributed by atoms with Gasteiger partial charge in [-0.25, -0.2) is 0 Å². The van der Waals surface area contributed by atoms with E-state index in [1.807, 2.05) is 0 Å². The third kappa shape index (κ3) is 6.24. The lowest BCUT2D eigenvalue weighted by Gasteiger charge is -2.26. The number of fused-ring (bicyclic) bond motifs is 3. The van der Waals surface area contributed by atoms with E-state index < -0.39 is 0 Å². The van der Waals surface area contributed by atoms with Gasteiger partial charge in [0.15, 0.2) is 0 Å². The molecule has 0 saturated carbocycles. The van der Waals surface area contributed by atoms with Gasteiger partial charge in [0, 0.05) is 33.5 Å². The lowest BCUT2D eigenvalue weighted by molar-refractivity contribution is 1.18. The molecule has 0 amide bonds. The highest BCUT2D eigenvalue weighted by Crippen LogP contribution is 2.39. The van der Waals surface area contributed by atoms with Gasteiger partial charge in [-0.05, 0) is 105 Å². The van der Waals surface area contributed by atoms with Gasteiger partial charge in [0.1, 0.15) is 0 Å². The molecule has 0 radical (unpaired) electrons. The molecule has 0 unspecified atom stereocenters. The van der Waals surface area contributed by atoms with Crippen molar-refractivity contribution in [3.63, 3.8) is 0 Å². The molecule has 10 rings (SSSR count). The van der Waals surface area contributed by atoms with E-state index in [-0.39, 0.29) is 0 Å². The van der Waals surface area contributed by atoms with Gasteiger partial charge < -0.3 is 9.47 Å². The minimum atomic E-state index is 1.10. The van der Waals surface area contributed by atoms with Crippen LogP contribution >= 0.6 is 0 Å². The van der Waals surface area contributed by atoms with Crippen molar-refractivity contribution in [2.45, 2.75) is 0 Å². The summed E-state index contributed by atoms with van der Waals surface area (Å²) in [5.41, 5.74) is 16.4. The summed E-state index contributed by atoms with van der Waals surface area (Å²) in [5.74, 6) is 0. The van der Waals surface area contributed by atoms with Gasteiger partial charge >= 0.3 is 0 Å². The number of para-hydroxylation sites is 2. The zero-order chi connectivity index (χ0) is 37.3. The number of nitrogens with zero attached hydrogens (tertiary/aromatic N) is 2. The summed E-state index contributed by atoms with van der Waals surface area (Å²) in [4.78, 5) is 2.35. The van der Waals surface area contributed by atoms with E-state index in [0.29, 0.717) is 0 Å². The Morgan fingerprint density at radius 1 is 0.250 bits per heavy atom. The molecule has 0 aliphatic rings. The van der Waals surface area contributed by atoms with Crippen molar-refractivity contribution >= 4 is 38.9 Å². The summed E-state index contributed by atoms with van der Waals surface area (Å²) in [7, 11) is 0. The summed E-state index contributed by atoms with van der Waals surface area (Å²) in [6, 6.07) is 83.0. The molecule has 264 valence electrons. The van der Waals surface area contributed by atoms with Crippen molar-refractivity contribution in [1.82, 2.24) is 4.57 Å². The molecule has 2 heteroatoms. The summed E-state index contributed by atoms with van der Waals surface area (Å²) in [5, 5.41) is 2.54. The second kappa shape index (κ2) is 14.4. The van der Waals surface area contributed by atoms with E-state index >= 15 is 0 Å². The van der Waals surface area contributed by atoms with Crippen molar-refractivity contribution < 1.29 is 0 Å². The Morgan fingerprint density at radius 3 is 1.09 bits per heavy atom. The van der Waals surface area contributed by atoms with Gasteiger partial charge in [0.2, 0.25) is 0 Å². The molecular weight excluding hydrogens is 677 g/mol. The Bertz CT molecular complexity index is 2850. The Morgan fingerprint density at radius 2 is 0.607 bits per heavy atom. The third-order valence-electron chi connectivity index (χ3n) is 10.8. The van der Waals surface area contributed by atoms with Crippen LogP contribution in [-0.4, -0.2) is 4.57 Å². The Kier molecular flexibility index (Phi) is 8.55. The van der Waals surface area contributed by atoms with Crippen LogP contribution < -0.4 is 4.90 Å². The van der Waals surface area contributed by atoms with Crippen molar-refractivity contribution in [2.24, 2.45) is 0 Å². The van der Waals surface area contributed by atoms with Crippen LogP contribution in [0.4, 0.5) is 17.1 Å². The second-order valence-corrected chi connectivity index (χ2v) is 14.2. The van der Waals surface area contributed by atoms with Crippen molar-refractivity contribution in [2.75, 3.05) is 4.90 Å². The Balaban J connectivity index is 1.00. The monoisotopic (exact) mass is 714 g/mol. The molecule has 9 aromatic carbocycles. The minimum absolute atomic E-state index is 1.10. The van der Waals surface area contributed by atoms with Crippen molar-refractivity contribution in [3.8, 4) is 50.2 Å². The first-order chi connectivity index (χ1) is 27.8. The highest BCUT2D eigenvalue weighted by molar-refractivity contribution is 6.09. The molecule has 0 fully saturated rings. The predicted molar refractivity (Wildman–Crippen MR) is 237 cm³/mol. The average molecular weight is 715 g/mol. The fraction of sp³-hybridized carbons (Fsp3) is 0. The number of hydrogen-bond donors (Lipinski definition) is 0. The number of benzene rings is 9. The van der Waals surface area contributed by atoms with E-state index in [4.69, 9.17) is 0 Å². The highest BCUT2D eigenvalue weighted by atomic mass is 15.1. The molecule has 0 atom stereocenters. The number of hydrogen-bond acceptors (Lipinski definition) is 1. The first-order valence-corrected chi connectivity index (χ1v) is 19.2. The Labute approximate surface area is 327 Å². The maximum absolute atomic E-state index is 2.37. The van der Waals surface area contributed by atoms with Crippen LogP contribution in [0.5, 0.6) is 0 Å². The van der Waals surface area contributed by atoms with Gasteiger partial charge in [-0.2, -0.15) is 0 Å². The third-order valence-corrected chi connectivity index (χ3v) is 10.8. The zero-order valence-corrected chi connectivity index (χ0v) is 30.8. The van der Waals surface area contributed by atoms with Gasteiger partial charge in [-0.15, -0.1) is 0 Å². The quantitative estimate of drug-likeness (QED) is 0.152.